The fraction of sp³-hybridized carbons (Fsp3) is 0.318. The molecule has 10 heteroatoms. The van der Waals surface area contributed by atoms with Crippen LogP contribution < -0.4 is 14.8 Å². The minimum Gasteiger partial charge on any atom is -0.507 e. The van der Waals surface area contributed by atoms with Gasteiger partial charge in [0.1, 0.15) is 17.2 Å². The first-order chi connectivity index (χ1) is 15.5. The van der Waals surface area contributed by atoms with E-state index < -0.39 is 5.91 Å². The van der Waals surface area contributed by atoms with E-state index >= 15 is 0 Å². The lowest BCUT2D eigenvalue weighted by molar-refractivity contribution is 0.100. The monoisotopic (exact) mass is 439 g/mol. The van der Waals surface area contributed by atoms with Gasteiger partial charge in [0.05, 0.1) is 18.8 Å². The van der Waals surface area contributed by atoms with Gasteiger partial charge >= 0.3 is 0 Å². The molecular formula is C22H25N5O5. The van der Waals surface area contributed by atoms with Crippen molar-refractivity contribution in [1.29, 1.82) is 0 Å². The van der Waals surface area contributed by atoms with Gasteiger partial charge < -0.3 is 19.9 Å². The minimum atomic E-state index is -0.480. The third-order valence-electron chi connectivity index (χ3n) is 4.57. The number of carbonyl (C=O) groups is 2. The van der Waals surface area contributed by atoms with Crippen molar-refractivity contribution in [2.45, 2.75) is 33.1 Å². The van der Waals surface area contributed by atoms with E-state index in [2.05, 4.69) is 25.9 Å². The third kappa shape index (κ3) is 5.81. The fourth-order valence-corrected chi connectivity index (χ4v) is 3.07. The molecule has 1 aromatic heterocycles. The third-order valence-corrected chi connectivity index (χ3v) is 4.57. The van der Waals surface area contributed by atoms with Crippen LogP contribution >= 0.6 is 0 Å². The Morgan fingerprint density at radius 3 is 2.69 bits per heavy atom. The van der Waals surface area contributed by atoms with Crippen molar-refractivity contribution < 1.29 is 24.2 Å². The SMILES string of the molecule is CCCc1c(OCCCOc2cccc(NC(=O)c3nn[nH]n3)c2)ccc(C(C)=O)c1O. The van der Waals surface area contributed by atoms with Gasteiger partial charge in [-0.1, -0.05) is 19.4 Å². The summed E-state index contributed by atoms with van der Waals surface area (Å²) in [6, 6.07) is 10.3. The van der Waals surface area contributed by atoms with Crippen LogP contribution in [0.15, 0.2) is 36.4 Å². The molecule has 0 unspecified atom stereocenters. The lowest BCUT2D eigenvalue weighted by Gasteiger charge is -2.15. The number of phenolic OH excluding ortho intramolecular Hbond substituents is 1. The van der Waals surface area contributed by atoms with E-state index in [9.17, 15) is 14.7 Å². The number of anilines is 1. The number of hydrogen-bond acceptors (Lipinski definition) is 8. The number of amides is 1. The normalized spacial score (nSPS) is 10.6. The molecule has 0 aliphatic carbocycles. The first-order valence-corrected chi connectivity index (χ1v) is 10.3. The molecule has 0 bridgehead atoms. The molecule has 2 aromatic carbocycles. The van der Waals surface area contributed by atoms with Crippen LogP contribution in [0.25, 0.3) is 0 Å². The van der Waals surface area contributed by atoms with Gasteiger partial charge in [0.25, 0.3) is 11.7 Å². The van der Waals surface area contributed by atoms with Crippen molar-refractivity contribution in [3.05, 3.63) is 53.3 Å². The van der Waals surface area contributed by atoms with Gasteiger partial charge in [0.2, 0.25) is 0 Å². The number of nitrogens with one attached hydrogen (secondary N) is 2. The molecule has 0 aliphatic heterocycles. The molecule has 3 rings (SSSR count). The maximum Gasteiger partial charge on any atom is 0.297 e. The van der Waals surface area contributed by atoms with Crippen molar-refractivity contribution in [2.24, 2.45) is 0 Å². The Hall–Kier alpha value is -3.95. The van der Waals surface area contributed by atoms with E-state index in [0.29, 0.717) is 54.4 Å². The molecular weight excluding hydrogens is 414 g/mol. The number of phenols is 1. The topological polar surface area (TPSA) is 139 Å². The van der Waals surface area contributed by atoms with Gasteiger partial charge in [-0.2, -0.15) is 5.21 Å². The van der Waals surface area contributed by atoms with Crippen LogP contribution in [0.4, 0.5) is 5.69 Å². The van der Waals surface area contributed by atoms with E-state index in [0.717, 1.165) is 6.42 Å². The van der Waals surface area contributed by atoms with Crippen molar-refractivity contribution in [3.8, 4) is 17.2 Å². The summed E-state index contributed by atoms with van der Waals surface area (Å²) < 4.78 is 11.6. The number of hydrogen-bond donors (Lipinski definition) is 3. The molecule has 168 valence electrons. The van der Waals surface area contributed by atoms with Crippen LogP contribution in [0.5, 0.6) is 17.2 Å². The first kappa shape index (κ1) is 22.7. The van der Waals surface area contributed by atoms with Crippen molar-refractivity contribution in [2.75, 3.05) is 18.5 Å². The Kier molecular flexibility index (Phi) is 7.74. The summed E-state index contributed by atoms with van der Waals surface area (Å²) in [5.74, 6) is 0.430. The number of carbonyl (C=O) groups excluding carboxylic acids is 2. The highest BCUT2D eigenvalue weighted by Crippen LogP contribution is 2.33. The summed E-state index contributed by atoms with van der Waals surface area (Å²) in [4.78, 5) is 23.6. The highest BCUT2D eigenvalue weighted by molar-refractivity contribution is 6.01. The highest BCUT2D eigenvalue weighted by atomic mass is 16.5. The lowest BCUT2D eigenvalue weighted by atomic mass is 10.0. The van der Waals surface area contributed by atoms with Crippen molar-refractivity contribution in [3.63, 3.8) is 0 Å². The lowest BCUT2D eigenvalue weighted by Crippen LogP contribution is -2.14. The van der Waals surface area contributed by atoms with Gasteiger partial charge in [-0.05, 0) is 42.8 Å². The molecule has 0 spiro atoms. The Morgan fingerprint density at radius 1 is 1.16 bits per heavy atom. The Balaban J connectivity index is 1.50. The van der Waals surface area contributed by atoms with Gasteiger partial charge in [0, 0.05) is 23.7 Å². The largest absolute Gasteiger partial charge is 0.507 e. The zero-order chi connectivity index (χ0) is 22.9. The van der Waals surface area contributed by atoms with Crippen LogP contribution in [-0.4, -0.2) is 50.6 Å². The highest BCUT2D eigenvalue weighted by Gasteiger charge is 2.16. The van der Waals surface area contributed by atoms with Gasteiger partial charge in [-0.3, -0.25) is 9.59 Å². The summed E-state index contributed by atoms with van der Waals surface area (Å²) in [5.41, 5.74) is 1.49. The molecule has 0 atom stereocenters. The number of ether oxygens (including phenoxy) is 2. The second-order valence-corrected chi connectivity index (χ2v) is 7.01. The quantitative estimate of drug-likeness (QED) is 0.306. The molecule has 1 heterocycles. The molecule has 32 heavy (non-hydrogen) atoms. The Bertz CT molecular complexity index is 1070. The van der Waals surface area contributed by atoms with Crippen LogP contribution in [0, 0.1) is 0 Å². The van der Waals surface area contributed by atoms with Gasteiger partial charge in [-0.15, -0.1) is 10.2 Å². The summed E-state index contributed by atoms with van der Waals surface area (Å²) in [6.07, 6.45) is 2.02. The van der Waals surface area contributed by atoms with E-state index in [1.54, 1.807) is 36.4 Å². The molecule has 3 aromatic rings. The zero-order valence-electron chi connectivity index (χ0n) is 17.9. The molecule has 3 N–H and O–H groups in total. The van der Waals surface area contributed by atoms with E-state index in [-0.39, 0.29) is 17.4 Å². The first-order valence-electron chi connectivity index (χ1n) is 10.3. The number of nitrogens with zero attached hydrogens (tertiary/aromatic N) is 3. The van der Waals surface area contributed by atoms with E-state index in [4.69, 9.17) is 9.47 Å². The van der Waals surface area contributed by atoms with Gasteiger partial charge in [-0.25, -0.2) is 0 Å². The number of ketones is 1. The average molecular weight is 439 g/mol. The maximum atomic E-state index is 12.0. The van der Waals surface area contributed by atoms with Crippen molar-refractivity contribution >= 4 is 17.4 Å². The van der Waals surface area contributed by atoms with Crippen LogP contribution in [0.2, 0.25) is 0 Å². The summed E-state index contributed by atoms with van der Waals surface area (Å²) in [6.45, 7) is 4.19. The second kappa shape index (κ2) is 10.9. The summed E-state index contributed by atoms with van der Waals surface area (Å²) in [7, 11) is 0. The predicted octanol–water partition coefficient (Wildman–Crippen LogP) is 3.16. The maximum absolute atomic E-state index is 12.0. The molecule has 0 saturated heterocycles. The smallest absolute Gasteiger partial charge is 0.297 e. The number of aromatic nitrogens is 4. The van der Waals surface area contributed by atoms with Crippen molar-refractivity contribution in [1.82, 2.24) is 20.6 Å². The molecule has 0 radical (unpaired) electrons. The number of aromatic amines is 1. The summed E-state index contributed by atoms with van der Waals surface area (Å²) in [5, 5.41) is 25.9. The van der Waals surface area contributed by atoms with Crippen LogP contribution in [-0.2, 0) is 6.42 Å². The molecule has 1 amide bonds. The van der Waals surface area contributed by atoms with E-state index in [1.165, 1.54) is 6.92 Å². The number of H-pyrrole nitrogens is 1. The number of Topliss-reactive ketones (excluding diaryl/α,β-unsaturated/α-hetero) is 1. The number of rotatable bonds is 11. The standard InChI is InChI=1S/C22H25N5O5/c1-3-6-18-19(10-9-17(14(2)28)20(18)29)32-12-5-11-31-16-8-4-7-15(13-16)23-22(30)21-24-26-27-25-21/h4,7-10,13,29H,3,5-6,11-12H2,1-2H3,(H,23,30)(H,24,25,26,27). The average Bonchev–Trinajstić information content (AvgIpc) is 3.31. The molecule has 0 aliphatic rings. The number of tetrazole rings is 1. The number of benzene rings is 2. The Morgan fingerprint density at radius 2 is 1.97 bits per heavy atom. The fourth-order valence-electron chi connectivity index (χ4n) is 3.07. The van der Waals surface area contributed by atoms with Gasteiger partial charge in [0.15, 0.2) is 5.78 Å². The predicted molar refractivity (Wildman–Crippen MR) is 116 cm³/mol. The Labute approximate surface area is 184 Å². The zero-order valence-corrected chi connectivity index (χ0v) is 17.9. The molecule has 10 nitrogen and oxygen atoms in total. The number of aromatic hydroxyl groups is 1. The minimum absolute atomic E-state index is 0.00668. The second-order valence-electron chi connectivity index (χ2n) is 7.01. The molecule has 0 fully saturated rings. The van der Waals surface area contributed by atoms with Crippen LogP contribution in [0.1, 0.15) is 53.2 Å². The van der Waals surface area contributed by atoms with E-state index in [1.807, 2.05) is 6.92 Å². The van der Waals surface area contributed by atoms with Crippen LogP contribution in [0.3, 0.4) is 0 Å². The summed E-state index contributed by atoms with van der Waals surface area (Å²) >= 11 is 0. The molecule has 0 saturated carbocycles.